The van der Waals surface area contributed by atoms with Crippen LogP contribution in [0.5, 0.6) is 0 Å². The van der Waals surface area contributed by atoms with Crippen LogP contribution in [-0.4, -0.2) is 62.7 Å². The van der Waals surface area contributed by atoms with Crippen LogP contribution in [0.15, 0.2) is 30.9 Å². The highest BCUT2D eigenvalue weighted by Crippen LogP contribution is 2.29. The number of urea groups is 1. The van der Waals surface area contributed by atoms with Crippen molar-refractivity contribution in [2.45, 2.75) is 25.7 Å². The lowest BCUT2D eigenvalue weighted by atomic mass is 9.96. The van der Waals surface area contributed by atoms with Crippen molar-refractivity contribution in [3.8, 4) is 5.69 Å². The Morgan fingerprint density at radius 3 is 2.46 bits per heavy atom. The van der Waals surface area contributed by atoms with Crippen LogP contribution in [0, 0.1) is 5.92 Å². The minimum atomic E-state index is -0.134. The predicted octanol–water partition coefficient (Wildman–Crippen LogP) is 2.79. The molecule has 2 aliphatic rings. The number of hydrogen-bond donors (Lipinski definition) is 1. The molecule has 148 valence electrons. The van der Waals surface area contributed by atoms with Crippen LogP contribution in [0.4, 0.5) is 10.5 Å². The third-order valence-corrected chi connectivity index (χ3v) is 5.71. The van der Waals surface area contributed by atoms with E-state index < -0.39 is 0 Å². The molecule has 9 heteroatoms. The molecule has 2 fully saturated rings. The number of rotatable bonds is 3. The summed E-state index contributed by atoms with van der Waals surface area (Å²) >= 11 is 6.32. The lowest BCUT2D eigenvalue weighted by Crippen LogP contribution is -2.47. The first-order valence-electron chi connectivity index (χ1n) is 9.61. The lowest BCUT2D eigenvalue weighted by molar-refractivity contribution is -0.121. The number of nitrogens with one attached hydrogen (secondary N) is 1. The Hall–Kier alpha value is -2.61. The van der Waals surface area contributed by atoms with E-state index in [2.05, 4.69) is 15.4 Å². The van der Waals surface area contributed by atoms with Gasteiger partial charge in [0.1, 0.15) is 18.3 Å². The van der Waals surface area contributed by atoms with Crippen LogP contribution in [0.3, 0.4) is 0 Å². The van der Waals surface area contributed by atoms with Gasteiger partial charge in [-0.25, -0.2) is 14.5 Å². The molecule has 1 N–H and O–H groups in total. The van der Waals surface area contributed by atoms with Crippen molar-refractivity contribution in [3.63, 3.8) is 0 Å². The minimum absolute atomic E-state index is 0.0584. The number of likely N-dealkylation sites (tertiary alicyclic amines) is 2. The maximum absolute atomic E-state index is 12.8. The number of para-hydroxylation sites is 1. The fraction of sp³-hybridized carbons (Fsp3) is 0.474. The van der Waals surface area contributed by atoms with Crippen LogP contribution < -0.4 is 5.32 Å². The van der Waals surface area contributed by atoms with E-state index in [4.69, 9.17) is 11.6 Å². The molecule has 0 unspecified atom stereocenters. The molecular weight excluding hydrogens is 380 g/mol. The van der Waals surface area contributed by atoms with Crippen LogP contribution in [0.1, 0.15) is 25.7 Å². The van der Waals surface area contributed by atoms with E-state index in [1.54, 1.807) is 24.5 Å². The molecule has 8 nitrogen and oxygen atoms in total. The summed E-state index contributed by atoms with van der Waals surface area (Å²) in [6, 6.07) is 5.44. The number of anilines is 1. The molecule has 3 amide bonds. The van der Waals surface area contributed by atoms with Crippen molar-refractivity contribution >= 4 is 29.2 Å². The van der Waals surface area contributed by atoms with E-state index in [1.165, 1.54) is 11.0 Å². The molecule has 0 spiro atoms. The van der Waals surface area contributed by atoms with Gasteiger partial charge in [0.05, 0.1) is 10.7 Å². The van der Waals surface area contributed by atoms with Crippen molar-refractivity contribution in [1.82, 2.24) is 24.6 Å². The Labute approximate surface area is 168 Å². The van der Waals surface area contributed by atoms with Gasteiger partial charge in [-0.3, -0.25) is 4.79 Å². The van der Waals surface area contributed by atoms with Crippen LogP contribution in [-0.2, 0) is 4.79 Å². The zero-order valence-corrected chi connectivity index (χ0v) is 16.3. The Morgan fingerprint density at radius 2 is 1.79 bits per heavy atom. The van der Waals surface area contributed by atoms with Gasteiger partial charge >= 0.3 is 6.03 Å². The summed E-state index contributed by atoms with van der Waals surface area (Å²) in [7, 11) is 0. The number of carbonyl (C=O) groups excluding carboxylic acids is 2. The SMILES string of the molecule is O=C(Nc1cccc(Cl)c1-n1cncn1)C1CCN(C(=O)N2CCCC2)CC1. The molecule has 0 atom stereocenters. The summed E-state index contributed by atoms with van der Waals surface area (Å²) in [5.41, 5.74) is 1.19. The molecule has 1 aromatic carbocycles. The van der Waals surface area contributed by atoms with E-state index in [-0.39, 0.29) is 17.9 Å². The molecular formula is C19H23ClN6O2. The van der Waals surface area contributed by atoms with E-state index >= 15 is 0 Å². The van der Waals surface area contributed by atoms with E-state index in [9.17, 15) is 9.59 Å². The molecule has 2 aromatic rings. The molecule has 0 saturated carbocycles. The molecule has 2 aliphatic heterocycles. The Kier molecular flexibility index (Phi) is 5.47. The average molecular weight is 403 g/mol. The van der Waals surface area contributed by atoms with E-state index in [0.29, 0.717) is 42.3 Å². The molecule has 0 aliphatic carbocycles. The summed E-state index contributed by atoms with van der Waals surface area (Å²) in [6.45, 7) is 2.91. The van der Waals surface area contributed by atoms with Crippen molar-refractivity contribution in [3.05, 3.63) is 35.9 Å². The molecule has 2 saturated heterocycles. The molecule has 28 heavy (non-hydrogen) atoms. The van der Waals surface area contributed by atoms with Gasteiger partial charge in [-0.2, -0.15) is 5.10 Å². The van der Waals surface area contributed by atoms with Gasteiger partial charge < -0.3 is 15.1 Å². The third-order valence-electron chi connectivity index (χ3n) is 5.41. The summed E-state index contributed by atoms with van der Waals surface area (Å²) in [6.07, 6.45) is 6.44. The second-order valence-corrected chi connectivity index (χ2v) is 7.61. The highest BCUT2D eigenvalue weighted by molar-refractivity contribution is 6.33. The highest BCUT2D eigenvalue weighted by Gasteiger charge is 2.30. The van der Waals surface area contributed by atoms with E-state index in [0.717, 1.165) is 25.9 Å². The lowest BCUT2D eigenvalue weighted by Gasteiger charge is -2.34. The van der Waals surface area contributed by atoms with Crippen LogP contribution in [0.25, 0.3) is 5.69 Å². The first-order valence-corrected chi connectivity index (χ1v) is 9.99. The second kappa shape index (κ2) is 8.18. The quantitative estimate of drug-likeness (QED) is 0.855. The zero-order valence-electron chi connectivity index (χ0n) is 15.6. The van der Waals surface area contributed by atoms with Gasteiger partial charge in [-0.15, -0.1) is 0 Å². The second-order valence-electron chi connectivity index (χ2n) is 7.20. The standard InChI is InChI=1S/C19H23ClN6O2/c20-15-4-3-5-16(17(15)26-13-21-12-22-26)23-18(27)14-6-10-25(11-7-14)19(28)24-8-1-2-9-24/h3-5,12-14H,1-2,6-11H2,(H,23,27). The summed E-state index contributed by atoms with van der Waals surface area (Å²) in [5, 5.41) is 7.58. The summed E-state index contributed by atoms with van der Waals surface area (Å²) in [4.78, 5) is 33.1. The third kappa shape index (κ3) is 3.82. The predicted molar refractivity (Wildman–Crippen MR) is 105 cm³/mol. The smallest absolute Gasteiger partial charge is 0.319 e. The van der Waals surface area contributed by atoms with Crippen molar-refractivity contribution in [2.24, 2.45) is 5.92 Å². The topological polar surface area (TPSA) is 83.4 Å². The maximum atomic E-state index is 12.8. The van der Waals surface area contributed by atoms with Gasteiger partial charge in [0.2, 0.25) is 5.91 Å². The number of benzene rings is 1. The van der Waals surface area contributed by atoms with Crippen LogP contribution >= 0.6 is 11.6 Å². The summed E-state index contributed by atoms with van der Waals surface area (Å²) < 4.78 is 1.54. The number of nitrogens with zero attached hydrogens (tertiary/aromatic N) is 5. The summed E-state index contributed by atoms with van der Waals surface area (Å²) in [5.74, 6) is -0.192. The minimum Gasteiger partial charge on any atom is -0.325 e. The Bertz CT molecular complexity index is 842. The van der Waals surface area contributed by atoms with Gasteiger partial charge in [0.25, 0.3) is 0 Å². The van der Waals surface area contributed by atoms with Gasteiger partial charge in [-0.05, 0) is 37.8 Å². The largest absolute Gasteiger partial charge is 0.325 e. The zero-order chi connectivity index (χ0) is 19.5. The maximum Gasteiger partial charge on any atom is 0.319 e. The van der Waals surface area contributed by atoms with Crippen molar-refractivity contribution in [1.29, 1.82) is 0 Å². The molecule has 3 heterocycles. The number of aromatic nitrogens is 3. The molecule has 4 rings (SSSR count). The molecule has 0 bridgehead atoms. The highest BCUT2D eigenvalue weighted by atomic mass is 35.5. The average Bonchev–Trinajstić information content (AvgIpc) is 3.42. The molecule has 1 aromatic heterocycles. The molecule has 0 radical (unpaired) electrons. The van der Waals surface area contributed by atoms with Gasteiger partial charge in [0, 0.05) is 32.1 Å². The number of amides is 3. The fourth-order valence-electron chi connectivity index (χ4n) is 3.85. The normalized spacial score (nSPS) is 17.8. The van der Waals surface area contributed by atoms with Gasteiger partial charge in [0.15, 0.2) is 0 Å². The first-order chi connectivity index (χ1) is 13.6. The Balaban J connectivity index is 1.39. The van der Waals surface area contributed by atoms with E-state index in [1.807, 2.05) is 9.80 Å². The van der Waals surface area contributed by atoms with Crippen LogP contribution in [0.2, 0.25) is 5.02 Å². The Morgan fingerprint density at radius 1 is 1.07 bits per heavy atom. The fourth-order valence-corrected chi connectivity index (χ4v) is 4.11. The number of carbonyl (C=O) groups is 2. The number of piperidine rings is 1. The van der Waals surface area contributed by atoms with Gasteiger partial charge in [-0.1, -0.05) is 17.7 Å². The first kappa shape index (κ1) is 18.7. The number of hydrogen-bond acceptors (Lipinski definition) is 4. The monoisotopic (exact) mass is 402 g/mol. The van der Waals surface area contributed by atoms with Crippen molar-refractivity contribution in [2.75, 3.05) is 31.5 Å². The van der Waals surface area contributed by atoms with Crippen molar-refractivity contribution < 1.29 is 9.59 Å². The number of halogens is 1.